The second-order valence-electron chi connectivity index (χ2n) is 5.43. The maximum absolute atomic E-state index is 11.8. The molecule has 0 atom stereocenters. The third-order valence-corrected chi connectivity index (χ3v) is 4.38. The van der Waals surface area contributed by atoms with Crippen molar-refractivity contribution in [3.8, 4) is 5.75 Å². The molecule has 2 aromatic rings. The van der Waals surface area contributed by atoms with Gasteiger partial charge in [0, 0.05) is 10.7 Å². The number of esters is 1. The minimum atomic E-state index is -0.373. The zero-order valence-electron chi connectivity index (χ0n) is 14.4. The number of ether oxygens (including phenoxy) is 2. The molecule has 0 spiro atoms. The molecule has 2 aromatic carbocycles. The standard InChI is InChI=1S/C19H20ClNO4S/c1-14-2-8-17(9-3-14)24-10-11-25-19(23)13-26-12-18(22)21-16-6-4-15(20)5-7-16/h2-9H,10-13H2,1H3,(H,21,22). The van der Waals surface area contributed by atoms with E-state index >= 15 is 0 Å². The molecule has 0 aliphatic heterocycles. The third-order valence-electron chi connectivity index (χ3n) is 3.22. The van der Waals surface area contributed by atoms with Gasteiger partial charge in [-0.15, -0.1) is 11.8 Å². The van der Waals surface area contributed by atoms with E-state index in [0.717, 1.165) is 11.3 Å². The van der Waals surface area contributed by atoms with Crippen LogP contribution in [0.25, 0.3) is 0 Å². The summed E-state index contributed by atoms with van der Waals surface area (Å²) in [7, 11) is 0. The van der Waals surface area contributed by atoms with Crippen LogP contribution in [0.4, 0.5) is 5.69 Å². The number of nitrogens with one attached hydrogen (secondary N) is 1. The van der Waals surface area contributed by atoms with Gasteiger partial charge in [0.2, 0.25) is 5.91 Å². The number of hydrogen-bond donors (Lipinski definition) is 1. The van der Waals surface area contributed by atoms with Gasteiger partial charge in [0.05, 0.1) is 11.5 Å². The van der Waals surface area contributed by atoms with Crippen LogP contribution in [-0.4, -0.2) is 36.6 Å². The maximum Gasteiger partial charge on any atom is 0.316 e. The highest BCUT2D eigenvalue weighted by Gasteiger charge is 2.07. The molecule has 0 heterocycles. The lowest BCUT2D eigenvalue weighted by Crippen LogP contribution is -2.17. The van der Waals surface area contributed by atoms with Gasteiger partial charge in [-0.2, -0.15) is 0 Å². The van der Waals surface area contributed by atoms with Crippen LogP contribution >= 0.6 is 23.4 Å². The van der Waals surface area contributed by atoms with E-state index in [1.165, 1.54) is 11.8 Å². The summed E-state index contributed by atoms with van der Waals surface area (Å²) in [5.41, 5.74) is 1.82. The summed E-state index contributed by atoms with van der Waals surface area (Å²) in [5.74, 6) is 0.449. The number of hydrogen-bond acceptors (Lipinski definition) is 5. The average molecular weight is 394 g/mol. The van der Waals surface area contributed by atoms with E-state index < -0.39 is 0 Å². The van der Waals surface area contributed by atoms with Gasteiger partial charge in [0.1, 0.15) is 19.0 Å². The molecule has 0 aromatic heterocycles. The van der Waals surface area contributed by atoms with Crippen LogP contribution in [0.2, 0.25) is 5.02 Å². The molecule has 1 N–H and O–H groups in total. The number of amides is 1. The maximum atomic E-state index is 11.8. The van der Waals surface area contributed by atoms with Gasteiger partial charge in [-0.3, -0.25) is 9.59 Å². The number of carbonyl (C=O) groups excluding carboxylic acids is 2. The van der Waals surface area contributed by atoms with Crippen molar-refractivity contribution in [2.45, 2.75) is 6.92 Å². The number of anilines is 1. The minimum absolute atomic E-state index is 0.110. The Morgan fingerprint density at radius 3 is 2.38 bits per heavy atom. The number of halogens is 1. The summed E-state index contributed by atoms with van der Waals surface area (Å²) >= 11 is 6.98. The predicted molar refractivity (Wildman–Crippen MR) is 105 cm³/mol. The fourth-order valence-corrected chi connectivity index (χ4v) is 2.68. The van der Waals surface area contributed by atoms with Gasteiger partial charge < -0.3 is 14.8 Å². The molecule has 138 valence electrons. The molecule has 0 aliphatic carbocycles. The smallest absolute Gasteiger partial charge is 0.316 e. The molecule has 7 heteroatoms. The van der Waals surface area contributed by atoms with Crippen molar-refractivity contribution in [3.05, 3.63) is 59.1 Å². The quantitative estimate of drug-likeness (QED) is 0.516. The summed E-state index contributed by atoms with van der Waals surface area (Å²) in [5, 5.41) is 3.33. The molecule has 0 saturated heterocycles. The summed E-state index contributed by atoms with van der Waals surface area (Å²) in [6.07, 6.45) is 0. The van der Waals surface area contributed by atoms with Crippen molar-refractivity contribution < 1.29 is 19.1 Å². The Bertz CT molecular complexity index is 719. The molecule has 0 aliphatic rings. The zero-order valence-corrected chi connectivity index (χ0v) is 15.9. The lowest BCUT2D eigenvalue weighted by atomic mass is 10.2. The van der Waals surface area contributed by atoms with Crippen LogP contribution in [-0.2, 0) is 14.3 Å². The third kappa shape index (κ3) is 7.80. The first-order valence-corrected chi connectivity index (χ1v) is 9.54. The molecular weight excluding hydrogens is 374 g/mol. The van der Waals surface area contributed by atoms with Gasteiger partial charge in [-0.05, 0) is 43.3 Å². The molecule has 0 unspecified atom stereocenters. The topological polar surface area (TPSA) is 64.6 Å². The molecule has 26 heavy (non-hydrogen) atoms. The largest absolute Gasteiger partial charge is 0.490 e. The average Bonchev–Trinajstić information content (AvgIpc) is 2.62. The number of rotatable bonds is 9. The van der Waals surface area contributed by atoms with Crippen molar-refractivity contribution in [3.63, 3.8) is 0 Å². The van der Waals surface area contributed by atoms with Gasteiger partial charge in [-0.25, -0.2) is 0 Å². The summed E-state index contributed by atoms with van der Waals surface area (Å²) < 4.78 is 10.5. The van der Waals surface area contributed by atoms with Gasteiger partial charge in [-0.1, -0.05) is 29.3 Å². The van der Waals surface area contributed by atoms with Crippen LogP contribution in [0.1, 0.15) is 5.56 Å². The molecule has 0 radical (unpaired) electrons. The summed E-state index contributed by atoms with van der Waals surface area (Å²) in [6, 6.07) is 14.5. The van der Waals surface area contributed by atoms with Crippen LogP contribution in [0.3, 0.4) is 0 Å². The van der Waals surface area contributed by atoms with Gasteiger partial charge in [0.15, 0.2) is 0 Å². The monoisotopic (exact) mass is 393 g/mol. The van der Waals surface area contributed by atoms with E-state index in [2.05, 4.69) is 5.32 Å². The lowest BCUT2D eigenvalue weighted by molar-refractivity contribution is -0.141. The normalized spacial score (nSPS) is 10.2. The first kappa shape index (κ1) is 20.1. The van der Waals surface area contributed by atoms with Crippen LogP contribution in [0.15, 0.2) is 48.5 Å². The first-order valence-electron chi connectivity index (χ1n) is 8.01. The second kappa shape index (κ2) is 10.7. The fraction of sp³-hybridized carbons (Fsp3) is 0.263. The molecule has 5 nitrogen and oxygen atoms in total. The van der Waals surface area contributed by atoms with E-state index in [0.29, 0.717) is 10.7 Å². The van der Waals surface area contributed by atoms with E-state index in [9.17, 15) is 9.59 Å². The molecule has 2 rings (SSSR count). The van der Waals surface area contributed by atoms with Crippen LogP contribution in [0.5, 0.6) is 5.75 Å². The number of aryl methyl sites for hydroxylation is 1. The molecule has 0 bridgehead atoms. The fourth-order valence-electron chi connectivity index (χ4n) is 1.95. The van der Waals surface area contributed by atoms with E-state index in [-0.39, 0.29) is 36.6 Å². The van der Waals surface area contributed by atoms with Crippen LogP contribution < -0.4 is 10.1 Å². The SMILES string of the molecule is Cc1ccc(OCCOC(=O)CSCC(=O)Nc2ccc(Cl)cc2)cc1. The van der Waals surface area contributed by atoms with Crippen molar-refractivity contribution in [2.24, 2.45) is 0 Å². The van der Waals surface area contributed by atoms with Crippen molar-refractivity contribution in [1.82, 2.24) is 0 Å². The van der Waals surface area contributed by atoms with E-state index in [1.54, 1.807) is 24.3 Å². The van der Waals surface area contributed by atoms with E-state index in [1.807, 2.05) is 31.2 Å². The predicted octanol–water partition coefficient (Wildman–Crippen LogP) is 3.94. The Morgan fingerprint density at radius 2 is 1.69 bits per heavy atom. The highest BCUT2D eigenvalue weighted by Crippen LogP contribution is 2.14. The molecule has 1 amide bonds. The van der Waals surface area contributed by atoms with Gasteiger partial charge >= 0.3 is 5.97 Å². The zero-order chi connectivity index (χ0) is 18.8. The Hall–Kier alpha value is -2.18. The van der Waals surface area contributed by atoms with Gasteiger partial charge in [0.25, 0.3) is 0 Å². The Morgan fingerprint density at radius 1 is 1.00 bits per heavy atom. The van der Waals surface area contributed by atoms with Crippen molar-refractivity contribution in [2.75, 3.05) is 30.0 Å². The summed E-state index contributed by atoms with van der Waals surface area (Å²) in [6.45, 7) is 2.46. The second-order valence-corrected chi connectivity index (χ2v) is 6.85. The summed E-state index contributed by atoms with van der Waals surface area (Å²) in [4.78, 5) is 23.4. The Kier molecular flexibility index (Phi) is 8.31. The highest BCUT2D eigenvalue weighted by molar-refractivity contribution is 8.00. The highest BCUT2D eigenvalue weighted by atomic mass is 35.5. The number of benzene rings is 2. The molecule has 0 fully saturated rings. The van der Waals surface area contributed by atoms with Crippen LogP contribution in [0, 0.1) is 6.92 Å². The Balaban J connectivity index is 1.54. The minimum Gasteiger partial charge on any atom is -0.490 e. The Labute approximate surface area is 162 Å². The van der Waals surface area contributed by atoms with Crippen molar-refractivity contribution >= 4 is 40.9 Å². The molecule has 0 saturated carbocycles. The number of thioether (sulfide) groups is 1. The molecular formula is C19H20ClNO4S. The first-order chi connectivity index (χ1) is 12.5. The lowest BCUT2D eigenvalue weighted by Gasteiger charge is -2.08. The van der Waals surface area contributed by atoms with E-state index in [4.69, 9.17) is 21.1 Å². The van der Waals surface area contributed by atoms with Crippen molar-refractivity contribution in [1.29, 1.82) is 0 Å². The number of carbonyl (C=O) groups is 2.